The van der Waals surface area contributed by atoms with Gasteiger partial charge in [-0.25, -0.2) is 4.79 Å². The minimum Gasteiger partial charge on any atom is -0.385 e. The minimum absolute atomic E-state index is 0.162. The Balaban J connectivity index is 1.82. The standard InChI is InChI=1S/C15H16BrN3O/c16-11-3-4-12-10(7-11)5-6-15(12)13(17)18-14(20)19(15)8-9-1-2-9/h3-4,7,9H,1-2,5-6,8H2,(H2,17,18,20). The Kier molecular flexibility index (Phi) is 2.52. The topological polar surface area (TPSA) is 58.7 Å². The number of hydrogen-bond donors (Lipinski definition) is 1. The average Bonchev–Trinajstić information content (AvgIpc) is 3.11. The molecule has 3 aliphatic rings. The summed E-state index contributed by atoms with van der Waals surface area (Å²) in [7, 11) is 0. The van der Waals surface area contributed by atoms with Gasteiger partial charge in [0.25, 0.3) is 0 Å². The summed E-state index contributed by atoms with van der Waals surface area (Å²) in [4.78, 5) is 18.2. The molecule has 2 N–H and O–H groups in total. The summed E-state index contributed by atoms with van der Waals surface area (Å²) in [5, 5.41) is 0. The first-order chi connectivity index (χ1) is 9.61. The fraction of sp³-hybridized carbons (Fsp3) is 0.467. The summed E-state index contributed by atoms with van der Waals surface area (Å²) < 4.78 is 1.07. The third kappa shape index (κ3) is 1.59. The van der Waals surface area contributed by atoms with Crippen molar-refractivity contribution in [3.8, 4) is 0 Å². The zero-order valence-corrected chi connectivity index (χ0v) is 12.7. The Morgan fingerprint density at radius 3 is 3.00 bits per heavy atom. The number of aliphatic imine (C=N–C) groups is 1. The van der Waals surface area contributed by atoms with Crippen LogP contribution in [0.1, 0.15) is 30.4 Å². The fourth-order valence-corrected chi connectivity index (χ4v) is 3.93. The third-order valence-corrected chi connectivity index (χ3v) is 5.23. The van der Waals surface area contributed by atoms with Gasteiger partial charge in [-0.15, -0.1) is 0 Å². The Labute approximate surface area is 126 Å². The molecule has 4 rings (SSSR count). The Morgan fingerprint density at radius 1 is 1.45 bits per heavy atom. The lowest BCUT2D eigenvalue weighted by molar-refractivity contribution is 0.166. The van der Waals surface area contributed by atoms with Crippen LogP contribution in [0.4, 0.5) is 4.79 Å². The molecule has 5 heteroatoms. The molecule has 1 spiro atoms. The maximum Gasteiger partial charge on any atom is 0.346 e. The van der Waals surface area contributed by atoms with Gasteiger partial charge in [0.2, 0.25) is 0 Å². The number of fused-ring (bicyclic) bond motifs is 2. The molecule has 104 valence electrons. The molecule has 0 radical (unpaired) electrons. The number of aryl methyl sites for hydroxylation is 1. The van der Waals surface area contributed by atoms with Crippen LogP contribution < -0.4 is 5.73 Å². The molecule has 2 aliphatic carbocycles. The summed E-state index contributed by atoms with van der Waals surface area (Å²) in [6, 6.07) is 6.09. The third-order valence-electron chi connectivity index (χ3n) is 4.74. The molecule has 20 heavy (non-hydrogen) atoms. The number of urea groups is 1. The van der Waals surface area contributed by atoms with Crippen molar-refractivity contribution in [2.24, 2.45) is 16.6 Å². The van der Waals surface area contributed by atoms with Crippen molar-refractivity contribution in [2.45, 2.75) is 31.2 Å². The highest BCUT2D eigenvalue weighted by Gasteiger charge is 2.54. The van der Waals surface area contributed by atoms with Gasteiger partial charge in [0, 0.05) is 11.0 Å². The van der Waals surface area contributed by atoms with Gasteiger partial charge in [0.15, 0.2) is 0 Å². The number of carbonyl (C=O) groups is 1. The molecule has 1 aromatic carbocycles. The van der Waals surface area contributed by atoms with Crippen LogP contribution in [0.15, 0.2) is 27.7 Å². The molecule has 4 nitrogen and oxygen atoms in total. The number of carbonyl (C=O) groups excluding carboxylic acids is 1. The Hall–Kier alpha value is -1.36. The second kappa shape index (κ2) is 4.07. The van der Waals surface area contributed by atoms with Crippen LogP contribution in [-0.2, 0) is 12.0 Å². The van der Waals surface area contributed by atoms with E-state index in [9.17, 15) is 4.79 Å². The van der Waals surface area contributed by atoms with Crippen LogP contribution in [0.3, 0.4) is 0 Å². The van der Waals surface area contributed by atoms with E-state index in [2.05, 4.69) is 33.1 Å². The largest absolute Gasteiger partial charge is 0.385 e. The van der Waals surface area contributed by atoms with Crippen molar-refractivity contribution in [3.05, 3.63) is 33.8 Å². The lowest BCUT2D eigenvalue weighted by atomic mass is 9.89. The number of nitrogens with zero attached hydrogens (tertiary/aromatic N) is 2. The Morgan fingerprint density at radius 2 is 2.25 bits per heavy atom. The average molecular weight is 334 g/mol. The first-order valence-electron chi connectivity index (χ1n) is 7.06. The zero-order chi connectivity index (χ0) is 13.9. The number of nitrogens with two attached hydrogens (primary N) is 1. The van der Waals surface area contributed by atoms with Gasteiger partial charge >= 0.3 is 6.03 Å². The summed E-state index contributed by atoms with van der Waals surface area (Å²) >= 11 is 3.51. The van der Waals surface area contributed by atoms with Gasteiger partial charge in [-0.1, -0.05) is 22.0 Å². The molecule has 1 atom stereocenters. The molecule has 2 amide bonds. The van der Waals surface area contributed by atoms with Crippen molar-refractivity contribution < 1.29 is 4.79 Å². The van der Waals surface area contributed by atoms with Crippen LogP contribution in [0, 0.1) is 5.92 Å². The fourth-order valence-electron chi connectivity index (χ4n) is 3.52. The van der Waals surface area contributed by atoms with E-state index in [1.54, 1.807) is 0 Å². The van der Waals surface area contributed by atoms with E-state index in [1.807, 2.05) is 11.0 Å². The SMILES string of the molecule is NC1=NC(=O)N(CC2CC2)C12CCc1cc(Br)ccc12. The molecule has 0 aromatic heterocycles. The maximum atomic E-state index is 12.2. The maximum absolute atomic E-state index is 12.2. The smallest absolute Gasteiger partial charge is 0.346 e. The number of hydrogen-bond acceptors (Lipinski definition) is 2. The van der Waals surface area contributed by atoms with E-state index < -0.39 is 5.54 Å². The minimum atomic E-state index is -0.476. The predicted molar refractivity (Wildman–Crippen MR) is 80.6 cm³/mol. The highest BCUT2D eigenvalue weighted by Crippen LogP contribution is 2.47. The lowest BCUT2D eigenvalue weighted by Gasteiger charge is -2.35. The van der Waals surface area contributed by atoms with E-state index in [0.717, 1.165) is 29.4 Å². The zero-order valence-electron chi connectivity index (χ0n) is 11.1. The van der Waals surface area contributed by atoms with Crippen molar-refractivity contribution in [2.75, 3.05) is 6.54 Å². The van der Waals surface area contributed by atoms with E-state index >= 15 is 0 Å². The number of halogens is 1. The predicted octanol–water partition coefficient (Wildman–Crippen LogP) is 2.79. The normalized spacial score (nSPS) is 28.1. The molecule has 1 fully saturated rings. The van der Waals surface area contributed by atoms with Crippen molar-refractivity contribution in [1.82, 2.24) is 4.90 Å². The quantitative estimate of drug-likeness (QED) is 0.904. The summed E-state index contributed by atoms with van der Waals surface area (Å²) in [6.07, 6.45) is 4.23. The van der Waals surface area contributed by atoms with E-state index in [1.165, 1.54) is 18.4 Å². The number of rotatable bonds is 2. The molecule has 1 saturated carbocycles. The summed E-state index contributed by atoms with van der Waals surface area (Å²) in [5.41, 5.74) is 8.14. The van der Waals surface area contributed by atoms with Crippen molar-refractivity contribution in [1.29, 1.82) is 0 Å². The molecule has 0 saturated heterocycles. The van der Waals surface area contributed by atoms with Crippen molar-refractivity contribution in [3.63, 3.8) is 0 Å². The molecule has 1 aromatic rings. The molecule has 1 aliphatic heterocycles. The van der Waals surface area contributed by atoms with Gasteiger partial charge < -0.3 is 10.6 Å². The van der Waals surface area contributed by atoms with Crippen LogP contribution in [0.2, 0.25) is 0 Å². The van der Waals surface area contributed by atoms with Gasteiger partial charge in [-0.2, -0.15) is 4.99 Å². The van der Waals surface area contributed by atoms with Crippen molar-refractivity contribution >= 4 is 27.8 Å². The van der Waals surface area contributed by atoms with E-state index in [-0.39, 0.29) is 6.03 Å². The highest BCUT2D eigenvalue weighted by atomic mass is 79.9. The number of amides is 2. The summed E-state index contributed by atoms with van der Waals surface area (Å²) in [5.74, 6) is 1.11. The molecule has 1 heterocycles. The van der Waals surface area contributed by atoms with Gasteiger partial charge in [-0.05, 0) is 54.9 Å². The van der Waals surface area contributed by atoms with Gasteiger partial charge in [-0.3, -0.25) is 0 Å². The molecular formula is C15H16BrN3O. The summed E-state index contributed by atoms with van der Waals surface area (Å²) in [6.45, 7) is 0.790. The lowest BCUT2D eigenvalue weighted by Crippen LogP contribution is -2.50. The second-order valence-electron chi connectivity index (χ2n) is 6.00. The first kappa shape index (κ1) is 12.4. The monoisotopic (exact) mass is 333 g/mol. The van der Waals surface area contributed by atoms with E-state index in [4.69, 9.17) is 5.73 Å². The molecule has 0 bridgehead atoms. The van der Waals surface area contributed by atoms with Gasteiger partial charge in [0.05, 0.1) is 0 Å². The first-order valence-corrected chi connectivity index (χ1v) is 7.86. The Bertz CT molecular complexity index is 638. The second-order valence-corrected chi connectivity index (χ2v) is 6.91. The van der Waals surface area contributed by atoms with Crippen LogP contribution in [0.5, 0.6) is 0 Å². The van der Waals surface area contributed by atoms with Crippen LogP contribution >= 0.6 is 15.9 Å². The highest BCUT2D eigenvalue weighted by molar-refractivity contribution is 9.10. The van der Waals surface area contributed by atoms with Crippen LogP contribution in [0.25, 0.3) is 0 Å². The number of amidine groups is 1. The van der Waals surface area contributed by atoms with Crippen LogP contribution in [-0.4, -0.2) is 23.3 Å². The molecule has 1 unspecified atom stereocenters. The van der Waals surface area contributed by atoms with E-state index in [0.29, 0.717) is 11.8 Å². The number of benzene rings is 1. The van der Waals surface area contributed by atoms with Gasteiger partial charge in [0.1, 0.15) is 11.4 Å². The molecular weight excluding hydrogens is 318 g/mol.